The topological polar surface area (TPSA) is 38.0 Å². The van der Waals surface area contributed by atoms with Gasteiger partial charge in [0.15, 0.2) is 0 Å². The molecule has 0 aliphatic carbocycles. The highest BCUT2D eigenvalue weighted by Gasteiger charge is 2.37. The summed E-state index contributed by atoms with van der Waals surface area (Å²) in [7, 11) is 0. The van der Waals surface area contributed by atoms with Crippen LogP contribution in [0.3, 0.4) is 0 Å². The van der Waals surface area contributed by atoms with Gasteiger partial charge in [-0.15, -0.1) is 0 Å². The SMILES string of the molecule is NNC(c1cccc(F)c1)C(F)(F)Cl. The molecule has 1 unspecified atom stereocenters. The second kappa shape index (κ2) is 4.16. The van der Waals surface area contributed by atoms with Gasteiger partial charge in [0, 0.05) is 0 Å². The molecule has 0 radical (unpaired) electrons. The fourth-order valence-corrected chi connectivity index (χ4v) is 1.25. The average molecular weight is 225 g/mol. The zero-order valence-corrected chi connectivity index (χ0v) is 7.73. The number of alkyl halides is 3. The van der Waals surface area contributed by atoms with Gasteiger partial charge >= 0.3 is 5.38 Å². The van der Waals surface area contributed by atoms with Gasteiger partial charge in [0.05, 0.1) is 0 Å². The number of hydrogen-bond donors (Lipinski definition) is 2. The zero-order chi connectivity index (χ0) is 10.8. The van der Waals surface area contributed by atoms with Gasteiger partial charge in [-0.1, -0.05) is 12.1 Å². The summed E-state index contributed by atoms with van der Waals surface area (Å²) >= 11 is 4.79. The Morgan fingerprint density at radius 3 is 2.50 bits per heavy atom. The number of nitrogens with one attached hydrogen (secondary N) is 1. The highest BCUT2D eigenvalue weighted by Crippen LogP contribution is 2.34. The Morgan fingerprint density at radius 1 is 1.43 bits per heavy atom. The molecule has 0 fully saturated rings. The van der Waals surface area contributed by atoms with Crippen molar-refractivity contribution in [3.05, 3.63) is 35.6 Å². The smallest absolute Gasteiger partial charge is 0.271 e. The molecule has 0 bridgehead atoms. The summed E-state index contributed by atoms with van der Waals surface area (Å²) in [5.41, 5.74) is 1.83. The molecule has 14 heavy (non-hydrogen) atoms. The van der Waals surface area contributed by atoms with Crippen molar-refractivity contribution in [3.8, 4) is 0 Å². The molecule has 0 aliphatic rings. The van der Waals surface area contributed by atoms with Crippen molar-refractivity contribution in [1.29, 1.82) is 0 Å². The van der Waals surface area contributed by atoms with Crippen LogP contribution in [-0.4, -0.2) is 5.38 Å². The second-order valence-electron chi connectivity index (χ2n) is 2.70. The molecule has 0 amide bonds. The molecule has 1 aromatic carbocycles. The first-order valence-electron chi connectivity index (χ1n) is 3.73. The molecule has 2 nitrogen and oxygen atoms in total. The molecule has 1 atom stereocenters. The minimum absolute atomic E-state index is 0.00694. The molecule has 1 aromatic rings. The largest absolute Gasteiger partial charge is 0.342 e. The third kappa shape index (κ3) is 2.60. The highest BCUT2D eigenvalue weighted by atomic mass is 35.5. The van der Waals surface area contributed by atoms with Gasteiger partial charge in [-0.3, -0.25) is 5.84 Å². The van der Waals surface area contributed by atoms with Crippen LogP contribution < -0.4 is 11.3 Å². The number of nitrogens with two attached hydrogens (primary N) is 1. The Labute approximate surface area is 83.8 Å². The lowest BCUT2D eigenvalue weighted by Gasteiger charge is -2.20. The number of rotatable bonds is 3. The lowest BCUT2D eigenvalue weighted by molar-refractivity contribution is 0.0497. The minimum atomic E-state index is -3.57. The van der Waals surface area contributed by atoms with Crippen LogP contribution in [-0.2, 0) is 0 Å². The van der Waals surface area contributed by atoms with E-state index in [0.29, 0.717) is 0 Å². The molecule has 6 heteroatoms. The summed E-state index contributed by atoms with van der Waals surface area (Å²) in [6.45, 7) is 0. The van der Waals surface area contributed by atoms with Crippen molar-refractivity contribution in [2.24, 2.45) is 5.84 Å². The van der Waals surface area contributed by atoms with Crippen molar-refractivity contribution in [3.63, 3.8) is 0 Å². The molecule has 0 aliphatic heterocycles. The lowest BCUT2D eigenvalue weighted by Crippen LogP contribution is -2.37. The van der Waals surface area contributed by atoms with E-state index >= 15 is 0 Å². The fraction of sp³-hybridized carbons (Fsp3) is 0.250. The van der Waals surface area contributed by atoms with E-state index in [9.17, 15) is 13.2 Å². The van der Waals surface area contributed by atoms with E-state index in [4.69, 9.17) is 17.4 Å². The zero-order valence-electron chi connectivity index (χ0n) is 6.98. The Hall–Kier alpha value is -0.780. The Bertz CT molecular complexity index is 314. The third-order valence-corrected chi connectivity index (χ3v) is 1.89. The standard InChI is InChI=1S/C8H8ClF3N2/c9-8(11,12)7(14-13)5-2-1-3-6(10)4-5/h1-4,7,14H,13H2. The molecular formula is C8H8ClF3N2. The summed E-state index contributed by atoms with van der Waals surface area (Å²) in [6, 6.07) is 3.09. The van der Waals surface area contributed by atoms with Crippen LogP contribution in [0.5, 0.6) is 0 Å². The first-order valence-corrected chi connectivity index (χ1v) is 4.11. The van der Waals surface area contributed by atoms with Crippen LogP contribution in [0.1, 0.15) is 11.6 Å². The van der Waals surface area contributed by atoms with Crippen LogP contribution in [0.15, 0.2) is 24.3 Å². The van der Waals surface area contributed by atoms with Gasteiger partial charge in [0.2, 0.25) is 0 Å². The van der Waals surface area contributed by atoms with Crippen molar-refractivity contribution in [2.75, 3.05) is 0 Å². The van der Waals surface area contributed by atoms with Crippen LogP contribution in [0, 0.1) is 5.82 Å². The van der Waals surface area contributed by atoms with Crippen molar-refractivity contribution >= 4 is 11.6 Å². The van der Waals surface area contributed by atoms with Crippen LogP contribution in [0.25, 0.3) is 0 Å². The fourth-order valence-electron chi connectivity index (χ4n) is 1.07. The molecular weight excluding hydrogens is 217 g/mol. The van der Waals surface area contributed by atoms with E-state index < -0.39 is 17.2 Å². The van der Waals surface area contributed by atoms with E-state index in [1.165, 1.54) is 12.1 Å². The maximum atomic E-state index is 12.7. The van der Waals surface area contributed by atoms with Crippen molar-refractivity contribution < 1.29 is 13.2 Å². The summed E-state index contributed by atoms with van der Waals surface area (Å²) in [5, 5.41) is -3.57. The van der Waals surface area contributed by atoms with Crippen molar-refractivity contribution in [2.45, 2.75) is 11.4 Å². The lowest BCUT2D eigenvalue weighted by atomic mass is 10.1. The van der Waals surface area contributed by atoms with E-state index in [1.807, 2.05) is 5.43 Å². The molecule has 0 spiro atoms. The highest BCUT2D eigenvalue weighted by molar-refractivity contribution is 6.22. The number of hydrogen-bond acceptors (Lipinski definition) is 2. The molecule has 1 rings (SSSR count). The maximum Gasteiger partial charge on any atom is 0.342 e. The van der Waals surface area contributed by atoms with Gasteiger partial charge in [-0.05, 0) is 29.3 Å². The maximum absolute atomic E-state index is 12.7. The molecule has 0 aromatic heterocycles. The van der Waals surface area contributed by atoms with E-state index in [-0.39, 0.29) is 5.56 Å². The number of hydrazine groups is 1. The van der Waals surface area contributed by atoms with E-state index in [2.05, 4.69) is 0 Å². The Morgan fingerprint density at radius 2 is 2.07 bits per heavy atom. The molecule has 78 valence electrons. The Kier molecular flexibility index (Phi) is 3.36. The quantitative estimate of drug-likeness (QED) is 0.469. The Balaban J connectivity index is 3.01. The van der Waals surface area contributed by atoms with E-state index in [0.717, 1.165) is 12.1 Å². The van der Waals surface area contributed by atoms with Gasteiger partial charge in [-0.25, -0.2) is 9.82 Å². The van der Waals surface area contributed by atoms with Crippen LogP contribution >= 0.6 is 11.6 Å². The number of halogens is 4. The normalized spacial score (nSPS) is 14.1. The summed E-state index contributed by atoms with van der Waals surface area (Å²) in [4.78, 5) is 0. The summed E-state index contributed by atoms with van der Waals surface area (Å²) in [6.07, 6.45) is 0. The molecule has 0 heterocycles. The van der Waals surface area contributed by atoms with Gasteiger partial charge in [0.1, 0.15) is 11.9 Å². The van der Waals surface area contributed by atoms with Crippen LogP contribution in [0.4, 0.5) is 13.2 Å². The minimum Gasteiger partial charge on any atom is -0.271 e. The summed E-state index contributed by atoms with van der Waals surface area (Å²) in [5.74, 6) is 4.28. The second-order valence-corrected chi connectivity index (χ2v) is 3.20. The number of benzene rings is 1. The van der Waals surface area contributed by atoms with Gasteiger partial charge in [0.25, 0.3) is 0 Å². The third-order valence-electron chi connectivity index (χ3n) is 1.68. The first kappa shape index (κ1) is 11.3. The molecule has 3 N–H and O–H groups in total. The summed E-state index contributed by atoms with van der Waals surface area (Å²) < 4.78 is 38.1. The monoisotopic (exact) mass is 224 g/mol. The predicted molar refractivity (Wildman–Crippen MR) is 47.3 cm³/mol. The van der Waals surface area contributed by atoms with Crippen LogP contribution in [0.2, 0.25) is 0 Å². The van der Waals surface area contributed by atoms with Crippen molar-refractivity contribution in [1.82, 2.24) is 5.43 Å². The predicted octanol–water partition coefficient (Wildman–Crippen LogP) is 2.16. The molecule has 0 saturated carbocycles. The molecule has 0 saturated heterocycles. The van der Waals surface area contributed by atoms with Gasteiger partial charge in [-0.2, -0.15) is 8.78 Å². The van der Waals surface area contributed by atoms with Gasteiger partial charge < -0.3 is 0 Å². The average Bonchev–Trinajstić information content (AvgIpc) is 2.02. The first-order chi connectivity index (χ1) is 6.45. The van der Waals surface area contributed by atoms with E-state index in [1.54, 1.807) is 0 Å².